The van der Waals surface area contributed by atoms with Gasteiger partial charge in [0.05, 0.1) is 25.7 Å². The summed E-state index contributed by atoms with van der Waals surface area (Å²) in [4.78, 5) is 29.3. The molecule has 7 nitrogen and oxygen atoms in total. The predicted molar refractivity (Wildman–Crippen MR) is 114 cm³/mol. The van der Waals surface area contributed by atoms with Crippen LogP contribution >= 0.6 is 12.4 Å². The van der Waals surface area contributed by atoms with Gasteiger partial charge in [-0.3, -0.25) is 14.8 Å². The number of carbonyl (C=O) groups excluding carboxylic acids is 1. The number of aromatic amines is 1. The standard InChI is InChI=1S/C21H24FN5O2.ClH/c22-15-7-5-13(6-8-15)11-16-12-27-19(23-16)17-20(26(9-10-28)21(27)29)25-18(24-17)14-3-1-2-4-14;/h5-8,14,16,28H,1-4,9-12H2,(H,24,25);1H/t16-;/m1./s1. The quantitative estimate of drug-likeness (QED) is 0.759. The second-order valence-electron chi connectivity index (χ2n) is 8.01. The largest absolute Gasteiger partial charge is 0.395 e. The number of imidazole rings is 1. The van der Waals surface area contributed by atoms with Crippen molar-refractivity contribution in [3.8, 4) is 0 Å². The maximum Gasteiger partial charge on any atom is 0.331 e. The van der Waals surface area contributed by atoms with Crippen molar-refractivity contribution >= 4 is 30.1 Å². The van der Waals surface area contributed by atoms with Gasteiger partial charge in [0, 0.05) is 5.92 Å². The van der Waals surface area contributed by atoms with Crippen molar-refractivity contribution in [2.24, 2.45) is 4.99 Å². The second kappa shape index (κ2) is 8.35. The second-order valence-corrected chi connectivity index (χ2v) is 8.01. The Morgan fingerprint density at radius 1 is 1.20 bits per heavy atom. The Balaban J connectivity index is 0.00000218. The van der Waals surface area contributed by atoms with Gasteiger partial charge in [-0.05, 0) is 37.0 Å². The van der Waals surface area contributed by atoms with Crippen LogP contribution in [0.4, 0.5) is 15.0 Å². The predicted octanol–water partition coefficient (Wildman–Crippen LogP) is 3.23. The van der Waals surface area contributed by atoms with E-state index in [0.29, 0.717) is 30.5 Å². The lowest BCUT2D eigenvalue weighted by Gasteiger charge is -2.31. The summed E-state index contributed by atoms with van der Waals surface area (Å²) in [6.07, 6.45) is 5.23. The Labute approximate surface area is 180 Å². The lowest BCUT2D eigenvalue weighted by molar-refractivity contribution is 0.222. The van der Waals surface area contributed by atoms with Crippen molar-refractivity contribution < 1.29 is 14.3 Å². The number of benzene rings is 1. The summed E-state index contributed by atoms with van der Waals surface area (Å²) in [5, 5.41) is 9.48. The molecule has 1 aliphatic carbocycles. The van der Waals surface area contributed by atoms with Gasteiger partial charge in [-0.25, -0.2) is 14.2 Å². The highest BCUT2D eigenvalue weighted by molar-refractivity contribution is 6.18. The highest BCUT2D eigenvalue weighted by Gasteiger charge is 2.42. The van der Waals surface area contributed by atoms with Gasteiger partial charge in [-0.15, -0.1) is 12.4 Å². The number of nitrogens with one attached hydrogen (secondary N) is 1. The van der Waals surface area contributed by atoms with Crippen molar-refractivity contribution in [3.63, 3.8) is 0 Å². The van der Waals surface area contributed by atoms with E-state index in [-0.39, 0.29) is 43.4 Å². The first-order chi connectivity index (χ1) is 14.1. The third-order valence-electron chi connectivity index (χ3n) is 6.05. The van der Waals surface area contributed by atoms with Crippen LogP contribution in [0.2, 0.25) is 0 Å². The molecule has 2 N–H and O–H groups in total. The maximum atomic E-state index is 13.2. The molecule has 1 saturated carbocycles. The molecule has 2 amide bonds. The van der Waals surface area contributed by atoms with Crippen molar-refractivity contribution in [3.05, 3.63) is 47.2 Å². The Bertz CT molecular complexity index is 955. The molecule has 2 aromatic rings. The first-order valence-electron chi connectivity index (χ1n) is 10.3. The van der Waals surface area contributed by atoms with Crippen LogP contribution in [0.5, 0.6) is 0 Å². The maximum absolute atomic E-state index is 13.2. The highest BCUT2D eigenvalue weighted by Crippen LogP contribution is 2.37. The van der Waals surface area contributed by atoms with Gasteiger partial charge >= 0.3 is 6.03 Å². The third kappa shape index (κ3) is 3.58. The summed E-state index contributed by atoms with van der Waals surface area (Å²) in [6.45, 7) is 0.536. The molecule has 0 bridgehead atoms. The summed E-state index contributed by atoms with van der Waals surface area (Å²) in [5.41, 5.74) is 1.75. The molecule has 0 radical (unpaired) electrons. The average Bonchev–Trinajstić information content (AvgIpc) is 3.45. The third-order valence-corrected chi connectivity index (χ3v) is 6.05. The van der Waals surface area contributed by atoms with Crippen LogP contribution in [0.3, 0.4) is 0 Å². The molecule has 0 unspecified atom stereocenters. The topological polar surface area (TPSA) is 84.8 Å². The number of aromatic nitrogens is 2. The van der Waals surface area contributed by atoms with Crippen molar-refractivity contribution in [1.29, 1.82) is 0 Å². The molecule has 5 rings (SSSR count). The molecule has 160 valence electrons. The van der Waals surface area contributed by atoms with Gasteiger partial charge in [0.25, 0.3) is 0 Å². The molecule has 1 aromatic carbocycles. The van der Waals surface area contributed by atoms with E-state index in [1.807, 2.05) is 0 Å². The normalized spacial score (nSPS) is 20.8. The summed E-state index contributed by atoms with van der Waals surface area (Å²) < 4.78 is 13.2. The van der Waals surface area contributed by atoms with E-state index in [2.05, 4.69) is 4.98 Å². The van der Waals surface area contributed by atoms with Crippen molar-refractivity contribution in [2.45, 2.75) is 44.1 Å². The van der Waals surface area contributed by atoms with Gasteiger partial charge in [0.15, 0.2) is 11.7 Å². The van der Waals surface area contributed by atoms with Crippen LogP contribution in [0.1, 0.15) is 48.7 Å². The highest BCUT2D eigenvalue weighted by atomic mass is 35.5. The number of halogens is 2. The fraction of sp³-hybridized carbons (Fsp3) is 0.476. The van der Waals surface area contributed by atoms with Gasteiger partial charge in [-0.1, -0.05) is 25.0 Å². The number of hydrogen-bond donors (Lipinski definition) is 2. The number of aliphatic hydroxyl groups excluding tert-OH is 1. The van der Waals surface area contributed by atoms with E-state index in [4.69, 9.17) is 9.98 Å². The minimum atomic E-state index is -0.264. The van der Waals surface area contributed by atoms with Crippen molar-refractivity contribution in [2.75, 3.05) is 24.6 Å². The van der Waals surface area contributed by atoms with Gasteiger partial charge in [0.1, 0.15) is 17.3 Å². The zero-order chi connectivity index (χ0) is 20.0. The number of rotatable bonds is 5. The van der Waals surface area contributed by atoms with E-state index in [1.165, 1.54) is 25.0 Å². The van der Waals surface area contributed by atoms with Crippen LogP contribution in [0.15, 0.2) is 29.3 Å². The monoisotopic (exact) mass is 433 g/mol. The van der Waals surface area contributed by atoms with E-state index in [9.17, 15) is 14.3 Å². The first-order valence-corrected chi connectivity index (χ1v) is 10.3. The van der Waals surface area contributed by atoms with Gasteiger partial charge in [-0.2, -0.15) is 0 Å². The molecule has 9 heteroatoms. The van der Waals surface area contributed by atoms with E-state index in [1.54, 1.807) is 21.9 Å². The molecule has 1 atom stereocenters. The number of amidine groups is 1. The van der Waals surface area contributed by atoms with E-state index >= 15 is 0 Å². The molecular formula is C21H25ClFN5O2. The first kappa shape index (κ1) is 20.8. The summed E-state index contributed by atoms with van der Waals surface area (Å²) in [6, 6.07) is 6.11. The number of amides is 2. The van der Waals surface area contributed by atoms with Crippen LogP contribution in [0, 0.1) is 5.82 Å². The van der Waals surface area contributed by atoms with E-state index < -0.39 is 0 Å². The Kier molecular flexibility index (Phi) is 5.79. The molecule has 2 aliphatic heterocycles. The van der Waals surface area contributed by atoms with Crippen LogP contribution in [0.25, 0.3) is 0 Å². The Morgan fingerprint density at radius 2 is 1.93 bits per heavy atom. The number of aliphatic imine (C=N–C) groups is 1. The number of aliphatic hydroxyl groups is 1. The molecule has 0 saturated heterocycles. The molecule has 1 aromatic heterocycles. The number of hydrogen-bond acceptors (Lipinski definition) is 4. The molecule has 30 heavy (non-hydrogen) atoms. The fourth-order valence-electron chi connectivity index (χ4n) is 4.62. The number of nitrogens with zero attached hydrogens (tertiary/aromatic N) is 4. The number of fused-ring (bicyclic) bond motifs is 3. The fourth-order valence-corrected chi connectivity index (χ4v) is 4.62. The zero-order valence-corrected chi connectivity index (χ0v) is 17.4. The number of β-amino-alcohol motifs (C(OH)–C–C–N with tert-alkyl or cyclic N) is 1. The number of urea groups is 1. The molecule has 0 spiro atoms. The van der Waals surface area contributed by atoms with Crippen LogP contribution in [-0.2, 0) is 6.42 Å². The van der Waals surface area contributed by atoms with Gasteiger partial charge < -0.3 is 10.1 Å². The van der Waals surface area contributed by atoms with Crippen LogP contribution < -0.4 is 4.90 Å². The zero-order valence-electron chi connectivity index (χ0n) is 16.6. The lowest BCUT2D eigenvalue weighted by Crippen LogP contribution is -2.51. The SMILES string of the molecule is Cl.O=C1N2C[C@@H](Cc3ccc(F)cc3)N=C2c2[nH]c(C3CCCC3)nc2N1CCO. The molecule has 3 heterocycles. The van der Waals surface area contributed by atoms with Crippen LogP contribution in [-0.4, -0.2) is 57.6 Å². The molecular weight excluding hydrogens is 409 g/mol. The lowest BCUT2D eigenvalue weighted by atomic mass is 10.1. The van der Waals surface area contributed by atoms with Crippen molar-refractivity contribution in [1.82, 2.24) is 14.9 Å². The average molecular weight is 434 g/mol. The van der Waals surface area contributed by atoms with E-state index in [0.717, 1.165) is 29.9 Å². The minimum absolute atomic E-state index is 0. The Morgan fingerprint density at radius 3 is 2.63 bits per heavy atom. The molecule has 1 fully saturated rings. The minimum Gasteiger partial charge on any atom is -0.395 e. The number of H-pyrrole nitrogens is 1. The van der Waals surface area contributed by atoms with Gasteiger partial charge in [0.2, 0.25) is 0 Å². The Hall–Kier alpha value is -2.45. The number of anilines is 1. The number of carbonyl (C=O) groups is 1. The molecule has 3 aliphatic rings. The smallest absolute Gasteiger partial charge is 0.331 e. The summed E-state index contributed by atoms with van der Waals surface area (Å²) in [5.74, 6) is 2.23. The summed E-state index contributed by atoms with van der Waals surface area (Å²) in [7, 11) is 0. The summed E-state index contributed by atoms with van der Waals surface area (Å²) >= 11 is 0.